The smallest absolute Gasteiger partial charge is 0.303 e. The molecule has 0 spiro atoms. The zero-order chi connectivity index (χ0) is 20.1. The van der Waals surface area contributed by atoms with E-state index in [1.165, 1.54) is 57.8 Å². The Bertz CT molecular complexity index is 627. The van der Waals surface area contributed by atoms with Crippen molar-refractivity contribution in [1.82, 2.24) is 0 Å². The molecule has 1 N–H and O–H groups in total. The van der Waals surface area contributed by atoms with E-state index in [2.05, 4.69) is 20.8 Å². The van der Waals surface area contributed by atoms with Gasteiger partial charge < -0.3 is 5.11 Å². The lowest BCUT2D eigenvalue weighted by Crippen LogP contribution is -2.49. The number of hydrogen-bond donors (Lipinski definition) is 1. The molecule has 4 fully saturated rings. The van der Waals surface area contributed by atoms with Crippen molar-refractivity contribution in [2.75, 3.05) is 0 Å². The van der Waals surface area contributed by atoms with Crippen molar-refractivity contribution in [2.45, 2.75) is 97.8 Å². The molecule has 0 radical (unpaired) electrons. The Labute approximate surface area is 171 Å². The monoisotopic (exact) mass is 388 g/mol. The summed E-state index contributed by atoms with van der Waals surface area (Å²) in [4.78, 5) is 24.6. The minimum absolute atomic E-state index is 0.236. The van der Waals surface area contributed by atoms with E-state index in [4.69, 9.17) is 5.11 Å². The van der Waals surface area contributed by atoms with E-state index in [9.17, 15) is 9.59 Å². The summed E-state index contributed by atoms with van der Waals surface area (Å²) in [5.41, 5.74) is 0.603. The molecule has 0 aromatic carbocycles. The van der Waals surface area contributed by atoms with Crippen LogP contribution in [0.1, 0.15) is 97.8 Å². The summed E-state index contributed by atoms with van der Waals surface area (Å²) in [6, 6.07) is 0. The molecule has 8 atom stereocenters. The van der Waals surface area contributed by atoms with E-state index < -0.39 is 5.97 Å². The molecule has 0 aromatic rings. The van der Waals surface area contributed by atoms with Crippen molar-refractivity contribution in [2.24, 2.45) is 46.3 Å². The molecule has 0 heterocycles. The molecule has 158 valence electrons. The van der Waals surface area contributed by atoms with E-state index in [1.807, 2.05) is 0 Å². The summed E-state index contributed by atoms with van der Waals surface area (Å²) in [7, 11) is 0. The van der Waals surface area contributed by atoms with Crippen molar-refractivity contribution in [1.29, 1.82) is 0 Å². The third kappa shape index (κ3) is 3.35. The van der Waals surface area contributed by atoms with Gasteiger partial charge in [-0.25, -0.2) is 0 Å². The van der Waals surface area contributed by atoms with Crippen LogP contribution < -0.4 is 0 Å². The molecule has 0 aliphatic heterocycles. The molecule has 4 saturated carbocycles. The summed E-state index contributed by atoms with van der Waals surface area (Å²) in [5, 5.41) is 9.12. The van der Waals surface area contributed by atoms with Crippen LogP contribution in [0.25, 0.3) is 0 Å². The van der Waals surface area contributed by atoms with Gasteiger partial charge in [-0.15, -0.1) is 0 Å². The largest absolute Gasteiger partial charge is 0.481 e. The average Bonchev–Trinajstić information content (AvgIpc) is 2.81. The maximum atomic E-state index is 13.5. The van der Waals surface area contributed by atoms with Crippen molar-refractivity contribution >= 4 is 11.8 Å². The maximum Gasteiger partial charge on any atom is 0.303 e. The Balaban J connectivity index is 1.60. The van der Waals surface area contributed by atoms with Crippen LogP contribution in [0.2, 0.25) is 0 Å². The molecule has 4 rings (SSSR count). The maximum absolute atomic E-state index is 13.5. The molecule has 4 aliphatic rings. The van der Waals surface area contributed by atoms with Crippen LogP contribution in [-0.2, 0) is 9.59 Å². The van der Waals surface area contributed by atoms with Crippen molar-refractivity contribution in [3.05, 3.63) is 0 Å². The molecule has 0 saturated heterocycles. The fourth-order valence-corrected chi connectivity index (χ4v) is 8.66. The van der Waals surface area contributed by atoms with E-state index in [0.29, 0.717) is 40.8 Å². The van der Waals surface area contributed by atoms with Crippen molar-refractivity contribution in [3.8, 4) is 0 Å². The van der Waals surface area contributed by atoms with Gasteiger partial charge in [-0.3, -0.25) is 9.59 Å². The predicted octanol–water partition coefficient (Wildman–Crippen LogP) is 6.11. The topological polar surface area (TPSA) is 54.4 Å². The van der Waals surface area contributed by atoms with Crippen LogP contribution in [0.3, 0.4) is 0 Å². The van der Waals surface area contributed by atoms with Crippen molar-refractivity contribution in [3.63, 3.8) is 0 Å². The lowest BCUT2D eigenvalue weighted by atomic mass is 9.51. The Kier molecular flexibility index (Phi) is 5.42. The predicted molar refractivity (Wildman–Crippen MR) is 111 cm³/mol. The van der Waals surface area contributed by atoms with Crippen LogP contribution >= 0.6 is 0 Å². The van der Waals surface area contributed by atoms with Crippen LogP contribution in [-0.4, -0.2) is 16.9 Å². The van der Waals surface area contributed by atoms with Crippen LogP contribution in [0.5, 0.6) is 0 Å². The molecule has 0 amide bonds. The Hall–Kier alpha value is -0.860. The van der Waals surface area contributed by atoms with Gasteiger partial charge in [0.15, 0.2) is 0 Å². The highest BCUT2D eigenvalue weighted by Gasteiger charge is 2.60. The van der Waals surface area contributed by atoms with Gasteiger partial charge in [-0.2, -0.15) is 0 Å². The van der Waals surface area contributed by atoms with E-state index in [0.717, 1.165) is 12.8 Å². The minimum atomic E-state index is -0.675. The molecular weight excluding hydrogens is 348 g/mol. The first kappa shape index (κ1) is 20.4. The molecule has 28 heavy (non-hydrogen) atoms. The van der Waals surface area contributed by atoms with Crippen LogP contribution in [0.15, 0.2) is 0 Å². The second-order valence-corrected chi connectivity index (χ2v) is 11.5. The van der Waals surface area contributed by atoms with Gasteiger partial charge >= 0.3 is 5.97 Å². The molecule has 3 heteroatoms. The van der Waals surface area contributed by atoms with Crippen molar-refractivity contribution < 1.29 is 14.7 Å². The fraction of sp³-hybridized carbons (Fsp3) is 0.920. The number of ketones is 1. The first-order chi connectivity index (χ1) is 13.2. The molecular formula is C25H40O3. The second kappa shape index (κ2) is 7.43. The Morgan fingerprint density at radius 3 is 2.64 bits per heavy atom. The van der Waals surface area contributed by atoms with Gasteiger partial charge in [0, 0.05) is 18.8 Å². The summed E-state index contributed by atoms with van der Waals surface area (Å²) in [5.74, 6) is 2.99. The van der Waals surface area contributed by atoms with Gasteiger partial charge in [-0.1, -0.05) is 40.0 Å². The van der Waals surface area contributed by atoms with E-state index in [1.54, 1.807) is 0 Å². The highest BCUT2D eigenvalue weighted by molar-refractivity contribution is 5.82. The van der Waals surface area contributed by atoms with Gasteiger partial charge in [-0.05, 0) is 85.4 Å². The van der Waals surface area contributed by atoms with Crippen LogP contribution in [0.4, 0.5) is 0 Å². The fourth-order valence-electron chi connectivity index (χ4n) is 8.66. The lowest BCUT2D eigenvalue weighted by Gasteiger charge is -2.53. The first-order valence-electron chi connectivity index (χ1n) is 12.0. The summed E-state index contributed by atoms with van der Waals surface area (Å²) in [6.45, 7) is 7.24. The normalized spacial score (nSPS) is 46.8. The number of carboxylic acids is 1. The lowest BCUT2D eigenvalue weighted by molar-refractivity contribution is -0.137. The number of fused-ring (bicyclic) bond motifs is 6. The third-order valence-electron chi connectivity index (χ3n) is 9.97. The number of rotatable bonds is 4. The molecule has 4 aliphatic carbocycles. The number of carbonyl (C=O) groups is 2. The number of Topliss-reactive ketones (excluding diaryl/α,β-unsaturated/α-hetero) is 1. The first-order valence-corrected chi connectivity index (χ1v) is 12.0. The summed E-state index contributed by atoms with van der Waals surface area (Å²) in [6.07, 6.45) is 13.3. The van der Waals surface area contributed by atoms with Gasteiger partial charge in [0.1, 0.15) is 5.78 Å². The minimum Gasteiger partial charge on any atom is -0.481 e. The van der Waals surface area contributed by atoms with Gasteiger partial charge in [0.05, 0.1) is 0 Å². The number of hydrogen-bond acceptors (Lipinski definition) is 2. The number of carboxylic acid groups (broad SMARTS) is 1. The molecule has 3 nitrogen and oxygen atoms in total. The average molecular weight is 389 g/mol. The highest BCUT2D eigenvalue weighted by atomic mass is 16.4. The SMILES string of the molecule is C[C@H](CCC(=O)O)[C@H]1CCC2C3C(=O)C[C@H]4CCCC[C@@](C)(C4)C3CC[C@@]21C. The second-order valence-electron chi connectivity index (χ2n) is 11.5. The standard InChI is InChI=1S/C25H40O3/c1-16(7-10-22(27)28)18-8-9-20-23-19(11-13-25(18,20)3)24(2)12-5-4-6-17(15-24)14-21(23)26/h16-20,23H,4-15H2,1-3H3,(H,27,28)/t16-,17-,18-,19?,20?,23?,24+,25-/m1/s1. The Morgan fingerprint density at radius 2 is 1.89 bits per heavy atom. The molecule has 3 unspecified atom stereocenters. The number of aliphatic carboxylic acids is 1. The molecule has 0 aromatic heterocycles. The Morgan fingerprint density at radius 1 is 1.11 bits per heavy atom. The van der Waals surface area contributed by atoms with E-state index in [-0.39, 0.29) is 17.8 Å². The summed E-state index contributed by atoms with van der Waals surface area (Å²) < 4.78 is 0. The van der Waals surface area contributed by atoms with Gasteiger partial charge in [0.2, 0.25) is 0 Å². The number of carbonyl (C=O) groups excluding carboxylic acids is 1. The third-order valence-corrected chi connectivity index (χ3v) is 9.97. The van der Waals surface area contributed by atoms with Gasteiger partial charge in [0.25, 0.3) is 0 Å². The zero-order valence-corrected chi connectivity index (χ0v) is 18.2. The molecule has 2 bridgehead atoms. The quantitative estimate of drug-likeness (QED) is 0.632. The zero-order valence-electron chi connectivity index (χ0n) is 18.2. The van der Waals surface area contributed by atoms with Crippen LogP contribution in [0, 0.1) is 46.3 Å². The van der Waals surface area contributed by atoms with E-state index >= 15 is 0 Å². The highest BCUT2D eigenvalue weighted by Crippen LogP contribution is 2.66. The summed E-state index contributed by atoms with van der Waals surface area (Å²) >= 11 is 0.